The number of nitrogens with one attached hydrogen (secondary N) is 1. The molecule has 4 nitrogen and oxygen atoms in total. The summed E-state index contributed by atoms with van der Waals surface area (Å²) in [5.41, 5.74) is 2.78. The first-order valence-corrected chi connectivity index (χ1v) is 8.44. The van der Waals surface area contributed by atoms with Crippen LogP contribution in [0.1, 0.15) is 36.8 Å². The number of aliphatic hydroxyl groups is 1. The molecule has 1 fully saturated rings. The number of aliphatic hydroxyl groups excluding tert-OH is 1. The van der Waals surface area contributed by atoms with Crippen LogP contribution in [0.3, 0.4) is 0 Å². The summed E-state index contributed by atoms with van der Waals surface area (Å²) < 4.78 is 0. The molecule has 1 atom stereocenters. The van der Waals surface area contributed by atoms with Gasteiger partial charge in [-0.2, -0.15) is 0 Å². The molecule has 2 aliphatic rings. The van der Waals surface area contributed by atoms with Crippen molar-refractivity contribution in [2.45, 2.75) is 44.8 Å². The highest BCUT2D eigenvalue weighted by atomic mass is 16.3. The molecule has 0 aromatic heterocycles. The van der Waals surface area contributed by atoms with Crippen LogP contribution in [-0.2, 0) is 17.8 Å². The molecule has 1 unspecified atom stereocenters. The van der Waals surface area contributed by atoms with E-state index in [-0.39, 0.29) is 5.91 Å². The summed E-state index contributed by atoms with van der Waals surface area (Å²) in [6.07, 6.45) is 4.81. The van der Waals surface area contributed by atoms with E-state index < -0.39 is 6.10 Å². The minimum absolute atomic E-state index is 0.0905. The van der Waals surface area contributed by atoms with E-state index in [1.165, 1.54) is 30.4 Å². The quantitative estimate of drug-likeness (QED) is 0.841. The van der Waals surface area contributed by atoms with E-state index >= 15 is 0 Å². The van der Waals surface area contributed by atoms with Crippen molar-refractivity contribution in [1.82, 2.24) is 10.2 Å². The number of amides is 1. The Balaban J connectivity index is 1.38. The molecule has 0 radical (unpaired) electrons. The molecular formula is C18H26N2O2. The number of hydrogen-bond donors (Lipinski definition) is 2. The summed E-state index contributed by atoms with van der Waals surface area (Å²) in [4.78, 5) is 14.0. The van der Waals surface area contributed by atoms with Gasteiger partial charge in [0.1, 0.15) is 0 Å². The monoisotopic (exact) mass is 302 g/mol. The Hall–Kier alpha value is -1.39. The zero-order valence-electron chi connectivity index (χ0n) is 13.1. The van der Waals surface area contributed by atoms with Gasteiger partial charge in [-0.05, 0) is 36.3 Å². The second kappa shape index (κ2) is 7.25. The van der Waals surface area contributed by atoms with Crippen molar-refractivity contribution in [3.05, 3.63) is 35.4 Å². The molecule has 120 valence electrons. The van der Waals surface area contributed by atoms with Gasteiger partial charge < -0.3 is 10.4 Å². The van der Waals surface area contributed by atoms with Crippen LogP contribution in [0.15, 0.2) is 24.3 Å². The molecule has 1 amide bonds. The van der Waals surface area contributed by atoms with Crippen molar-refractivity contribution >= 4 is 5.91 Å². The van der Waals surface area contributed by atoms with Crippen molar-refractivity contribution in [3.8, 4) is 0 Å². The second-order valence-electron chi connectivity index (χ2n) is 6.71. The van der Waals surface area contributed by atoms with Gasteiger partial charge in [0.05, 0.1) is 6.10 Å². The predicted octanol–water partition coefficient (Wildman–Crippen LogP) is 1.71. The summed E-state index contributed by atoms with van der Waals surface area (Å²) >= 11 is 0. The van der Waals surface area contributed by atoms with Gasteiger partial charge in [-0.1, -0.05) is 30.7 Å². The third kappa shape index (κ3) is 4.08. The molecule has 3 rings (SSSR count). The van der Waals surface area contributed by atoms with Crippen LogP contribution in [0.2, 0.25) is 0 Å². The summed E-state index contributed by atoms with van der Waals surface area (Å²) in [5, 5.41) is 13.0. The van der Waals surface area contributed by atoms with Gasteiger partial charge in [-0.3, -0.25) is 9.69 Å². The van der Waals surface area contributed by atoms with Crippen molar-refractivity contribution in [3.63, 3.8) is 0 Å². The fourth-order valence-electron chi connectivity index (χ4n) is 3.34. The van der Waals surface area contributed by atoms with Crippen LogP contribution in [-0.4, -0.2) is 41.7 Å². The average Bonchev–Trinajstić information content (AvgIpc) is 2.49. The number of carbonyl (C=O) groups excluding carboxylic acids is 1. The van der Waals surface area contributed by atoms with Crippen LogP contribution in [0.5, 0.6) is 0 Å². The Morgan fingerprint density at radius 3 is 2.82 bits per heavy atom. The maximum absolute atomic E-state index is 11.8. The topological polar surface area (TPSA) is 52.6 Å². The summed E-state index contributed by atoms with van der Waals surface area (Å²) in [7, 11) is 0. The first-order valence-electron chi connectivity index (χ1n) is 8.44. The number of rotatable bonds is 6. The van der Waals surface area contributed by atoms with Gasteiger partial charge in [-0.15, -0.1) is 0 Å². The fourth-order valence-corrected chi connectivity index (χ4v) is 3.34. The lowest BCUT2D eigenvalue weighted by atomic mass is 9.83. The van der Waals surface area contributed by atoms with Crippen molar-refractivity contribution in [2.75, 3.05) is 19.6 Å². The maximum Gasteiger partial charge on any atom is 0.220 e. The van der Waals surface area contributed by atoms with Crippen molar-refractivity contribution in [1.29, 1.82) is 0 Å². The molecule has 1 aromatic rings. The Kier molecular flexibility index (Phi) is 5.11. The number of β-amino-alcohol motifs (C(OH)–C–C–N with tert-alkyl or cyclic N) is 1. The number of carbonyl (C=O) groups is 1. The van der Waals surface area contributed by atoms with Gasteiger partial charge in [0.2, 0.25) is 5.91 Å². The van der Waals surface area contributed by atoms with E-state index in [1.54, 1.807) is 0 Å². The van der Waals surface area contributed by atoms with Crippen molar-refractivity contribution in [2.24, 2.45) is 5.92 Å². The van der Waals surface area contributed by atoms with Crippen LogP contribution >= 0.6 is 0 Å². The van der Waals surface area contributed by atoms with Crippen molar-refractivity contribution < 1.29 is 9.90 Å². The van der Waals surface area contributed by atoms with Crippen LogP contribution in [0.4, 0.5) is 0 Å². The minimum Gasteiger partial charge on any atom is -0.390 e. The normalized spacial score (nSPS) is 20.0. The molecule has 0 bridgehead atoms. The lowest BCUT2D eigenvalue weighted by Gasteiger charge is -2.30. The lowest BCUT2D eigenvalue weighted by molar-refractivity contribution is -0.123. The smallest absolute Gasteiger partial charge is 0.220 e. The predicted molar refractivity (Wildman–Crippen MR) is 86.4 cm³/mol. The highest BCUT2D eigenvalue weighted by molar-refractivity contribution is 5.76. The maximum atomic E-state index is 11.8. The molecule has 1 aromatic carbocycles. The first kappa shape index (κ1) is 15.5. The molecule has 0 saturated heterocycles. The summed E-state index contributed by atoms with van der Waals surface area (Å²) in [5.74, 6) is 0.670. The Morgan fingerprint density at radius 2 is 2.09 bits per heavy atom. The van der Waals surface area contributed by atoms with E-state index in [0.29, 0.717) is 25.4 Å². The molecule has 2 N–H and O–H groups in total. The molecule has 22 heavy (non-hydrogen) atoms. The van der Waals surface area contributed by atoms with E-state index in [9.17, 15) is 9.90 Å². The molecule has 1 saturated carbocycles. The van der Waals surface area contributed by atoms with Gasteiger partial charge >= 0.3 is 0 Å². The number of hydrogen-bond acceptors (Lipinski definition) is 3. The minimum atomic E-state index is -0.490. The standard InChI is InChI=1S/C18H26N2O2/c21-17(11-19-18(22)10-14-4-3-5-14)13-20-9-8-15-6-1-2-7-16(15)12-20/h1-2,6-7,14,17,21H,3-5,8-13H2,(H,19,22). The van der Waals surface area contributed by atoms with Gasteiger partial charge in [0.25, 0.3) is 0 Å². The van der Waals surface area contributed by atoms with E-state index in [0.717, 1.165) is 19.5 Å². The van der Waals surface area contributed by atoms with Gasteiger partial charge in [0, 0.05) is 32.6 Å². The average molecular weight is 302 g/mol. The molecule has 4 heteroatoms. The van der Waals surface area contributed by atoms with Crippen LogP contribution in [0.25, 0.3) is 0 Å². The molecule has 1 heterocycles. The number of fused-ring (bicyclic) bond motifs is 1. The third-order valence-electron chi connectivity index (χ3n) is 4.91. The molecule has 1 aliphatic heterocycles. The Bertz CT molecular complexity index is 514. The fraction of sp³-hybridized carbons (Fsp3) is 0.611. The Labute approximate surface area is 132 Å². The number of nitrogens with zero attached hydrogens (tertiary/aromatic N) is 1. The zero-order valence-corrected chi connectivity index (χ0v) is 13.1. The van der Waals surface area contributed by atoms with E-state index in [1.807, 2.05) is 0 Å². The van der Waals surface area contributed by atoms with Gasteiger partial charge in [0.15, 0.2) is 0 Å². The van der Waals surface area contributed by atoms with E-state index in [4.69, 9.17) is 0 Å². The summed E-state index contributed by atoms with van der Waals surface area (Å²) in [6, 6.07) is 8.50. The zero-order chi connectivity index (χ0) is 15.4. The highest BCUT2D eigenvalue weighted by Crippen LogP contribution is 2.29. The largest absolute Gasteiger partial charge is 0.390 e. The molecular weight excluding hydrogens is 276 g/mol. The first-order chi connectivity index (χ1) is 10.7. The second-order valence-corrected chi connectivity index (χ2v) is 6.71. The van der Waals surface area contributed by atoms with Gasteiger partial charge in [-0.25, -0.2) is 0 Å². The lowest BCUT2D eigenvalue weighted by Crippen LogP contribution is -2.42. The molecule has 1 aliphatic carbocycles. The van der Waals surface area contributed by atoms with Crippen LogP contribution < -0.4 is 5.32 Å². The number of benzene rings is 1. The Morgan fingerprint density at radius 1 is 1.32 bits per heavy atom. The molecule has 0 spiro atoms. The van der Waals surface area contributed by atoms with E-state index in [2.05, 4.69) is 34.5 Å². The van der Waals surface area contributed by atoms with Crippen LogP contribution in [0, 0.1) is 5.92 Å². The third-order valence-corrected chi connectivity index (χ3v) is 4.91. The summed E-state index contributed by atoms with van der Waals surface area (Å²) in [6.45, 7) is 2.86. The highest BCUT2D eigenvalue weighted by Gasteiger charge is 2.22. The SMILES string of the molecule is O=C(CC1CCC1)NCC(O)CN1CCc2ccccc2C1.